The average Bonchev–Trinajstić information content (AvgIpc) is 2.67. The van der Waals surface area contributed by atoms with Crippen LogP contribution in [0.5, 0.6) is 0 Å². The van der Waals surface area contributed by atoms with Gasteiger partial charge in [-0.2, -0.15) is 0 Å². The summed E-state index contributed by atoms with van der Waals surface area (Å²) >= 11 is 0. The van der Waals surface area contributed by atoms with Crippen molar-refractivity contribution < 1.29 is 9.59 Å². The molecule has 0 aliphatic carbocycles. The van der Waals surface area contributed by atoms with E-state index in [4.69, 9.17) is 0 Å². The molecule has 4 nitrogen and oxygen atoms in total. The van der Waals surface area contributed by atoms with Crippen LogP contribution in [0.3, 0.4) is 0 Å². The fourth-order valence-electron chi connectivity index (χ4n) is 2.82. The lowest BCUT2D eigenvalue weighted by atomic mass is 9.88. The largest absolute Gasteiger partial charge is 0.352 e. The van der Waals surface area contributed by atoms with Gasteiger partial charge in [0, 0.05) is 18.4 Å². The molecule has 2 aromatic carbocycles. The van der Waals surface area contributed by atoms with Gasteiger partial charge in [0.25, 0.3) is 0 Å². The molecule has 2 rings (SSSR count). The monoisotopic (exact) mass is 352 g/mol. The fourth-order valence-corrected chi connectivity index (χ4v) is 2.82. The van der Waals surface area contributed by atoms with Crippen molar-refractivity contribution in [1.29, 1.82) is 0 Å². The van der Waals surface area contributed by atoms with Crippen molar-refractivity contribution in [2.75, 3.05) is 0 Å². The topological polar surface area (TPSA) is 58.2 Å². The number of amides is 2. The molecule has 0 aromatic heterocycles. The summed E-state index contributed by atoms with van der Waals surface area (Å²) in [7, 11) is 0. The Labute approximate surface area is 156 Å². The van der Waals surface area contributed by atoms with E-state index in [1.165, 1.54) is 0 Å². The normalized spacial score (nSPS) is 13.1. The van der Waals surface area contributed by atoms with E-state index in [-0.39, 0.29) is 23.8 Å². The molecule has 26 heavy (non-hydrogen) atoms. The third-order valence-corrected chi connectivity index (χ3v) is 4.57. The minimum Gasteiger partial charge on any atom is -0.352 e. The van der Waals surface area contributed by atoms with Crippen LogP contribution in [-0.4, -0.2) is 23.9 Å². The van der Waals surface area contributed by atoms with Crippen LogP contribution in [-0.2, 0) is 9.59 Å². The number of rotatable bonds is 8. The van der Waals surface area contributed by atoms with Crippen LogP contribution in [0, 0.1) is 0 Å². The predicted octanol–water partition coefficient (Wildman–Crippen LogP) is 3.63. The van der Waals surface area contributed by atoms with Gasteiger partial charge in [0.05, 0.1) is 0 Å². The molecule has 0 bridgehead atoms. The van der Waals surface area contributed by atoms with Crippen LogP contribution in [0.25, 0.3) is 0 Å². The number of nitrogens with one attached hydrogen (secondary N) is 2. The van der Waals surface area contributed by atoms with Gasteiger partial charge in [-0.15, -0.1) is 0 Å². The van der Waals surface area contributed by atoms with E-state index >= 15 is 0 Å². The third-order valence-electron chi connectivity index (χ3n) is 4.57. The lowest BCUT2D eigenvalue weighted by Gasteiger charge is -2.21. The Bertz CT molecular complexity index is 661. The molecule has 0 spiro atoms. The summed E-state index contributed by atoms with van der Waals surface area (Å²) in [6, 6.07) is 19.5. The minimum absolute atomic E-state index is 0.0396. The molecular formula is C22H28N2O2. The van der Waals surface area contributed by atoms with Gasteiger partial charge in [0.15, 0.2) is 0 Å². The van der Waals surface area contributed by atoms with Crippen LogP contribution in [0.4, 0.5) is 0 Å². The molecular weight excluding hydrogens is 324 g/mol. The van der Waals surface area contributed by atoms with Crippen molar-refractivity contribution >= 4 is 11.8 Å². The molecule has 0 heterocycles. The number of carbonyl (C=O) groups is 2. The Kier molecular flexibility index (Phi) is 7.39. The Balaban J connectivity index is 2.06. The lowest BCUT2D eigenvalue weighted by molar-refractivity contribution is -0.129. The van der Waals surface area contributed by atoms with E-state index in [1.807, 2.05) is 74.5 Å². The molecule has 4 heteroatoms. The molecule has 0 saturated carbocycles. The van der Waals surface area contributed by atoms with Crippen molar-refractivity contribution in [2.24, 2.45) is 0 Å². The summed E-state index contributed by atoms with van der Waals surface area (Å²) in [4.78, 5) is 24.7. The second-order valence-corrected chi connectivity index (χ2v) is 6.69. The summed E-state index contributed by atoms with van der Waals surface area (Å²) in [5.74, 6) is -0.319. The van der Waals surface area contributed by atoms with Crippen molar-refractivity contribution in [1.82, 2.24) is 10.6 Å². The highest BCUT2D eigenvalue weighted by Gasteiger charge is 2.21. The number of hydrogen-bond donors (Lipinski definition) is 2. The highest BCUT2D eigenvalue weighted by molar-refractivity contribution is 5.87. The van der Waals surface area contributed by atoms with Crippen LogP contribution in [0.2, 0.25) is 0 Å². The molecule has 2 atom stereocenters. The summed E-state index contributed by atoms with van der Waals surface area (Å²) in [5.41, 5.74) is 2.18. The minimum atomic E-state index is -0.552. The van der Waals surface area contributed by atoms with Crippen LogP contribution < -0.4 is 10.6 Å². The zero-order valence-electron chi connectivity index (χ0n) is 15.7. The van der Waals surface area contributed by atoms with Gasteiger partial charge in [0.2, 0.25) is 11.8 Å². The van der Waals surface area contributed by atoms with Gasteiger partial charge < -0.3 is 10.6 Å². The van der Waals surface area contributed by atoms with E-state index in [0.717, 1.165) is 17.5 Å². The quantitative estimate of drug-likeness (QED) is 0.762. The molecule has 2 unspecified atom stereocenters. The maximum absolute atomic E-state index is 12.6. The standard InChI is InChI=1S/C22H28N2O2/c1-4-16(2)23-22(26)17(3)24-21(25)15-20(18-11-7-5-8-12-18)19-13-9-6-10-14-19/h5-14,16-17,20H,4,15H2,1-3H3,(H,23,26)(H,24,25). The molecule has 2 aromatic rings. The van der Waals surface area contributed by atoms with Gasteiger partial charge >= 0.3 is 0 Å². The van der Waals surface area contributed by atoms with E-state index in [9.17, 15) is 9.59 Å². The highest BCUT2D eigenvalue weighted by Crippen LogP contribution is 2.27. The van der Waals surface area contributed by atoms with Crippen LogP contribution in [0.1, 0.15) is 50.7 Å². The van der Waals surface area contributed by atoms with E-state index < -0.39 is 6.04 Å². The summed E-state index contributed by atoms with van der Waals surface area (Å²) in [5, 5.41) is 5.73. The molecule has 2 N–H and O–H groups in total. The number of carbonyl (C=O) groups excluding carboxylic acids is 2. The van der Waals surface area contributed by atoms with Crippen molar-refractivity contribution in [3.63, 3.8) is 0 Å². The molecule has 0 aliphatic heterocycles. The van der Waals surface area contributed by atoms with Crippen LogP contribution in [0.15, 0.2) is 60.7 Å². The maximum Gasteiger partial charge on any atom is 0.242 e. The first-order valence-corrected chi connectivity index (χ1v) is 9.20. The fraction of sp³-hybridized carbons (Fsp3) is 0.364. The lowest BCUT2D eigenvalue weighted by Crippen LogP contribution is -2.47. The van der Waals surface area contributed by atoms with E-state index in [1.54, 1.807) is 6.92 Å². The summed E-state index contributed by atoms with van der Waals surface area (Å²) < 4.78 is 0. The Morgan fingerprint density at radius 1 is 0.846 bits per heavy atom. The Morgan fingerprint density at radius 3 is 1.81 bits per heavy atom. The van der Waals surface area contributed by atoms with Gasteiger partial charge in [-0.25, -0.2) is 0 Å². The van der Waals surface area contributed by atoms with Gasteiger partial charge in [-0.1, -0.05) is 67.6 Å². The van der Waals surface area contributed by atoms with E-state index in [0.29, 0.717) is 6.42 Å². The zero-order chi connectivity index (χ0) is 18.9. The second-order valence-electron chi connectivity index (χ2n) is 6.69. The molecule has 0 radical (unpaired) electrons. The zero-order valence-corrected chi connectivity index (χ0v) is 15.7. The van der Waals surface area contributed by atoms with Crippen LogP contribution >= 0.6 is 0 Å². The Morgan fingerprint density at radius 2 is 1.35 bits per heavy atom. The van der Waals surface area contributed by atoms with Crippen molar-refractivity contribution in [3.05, 3.63) is 71.8 Å². The number of hydrogen-bond acceptors (Lipinski definition) is 2. The molecule has 0 fully saturated rings. The molecule has 138 valence electrons. The maximum atomic E-state index is 12.6. The third kappa shape index (κ3) is 5.73. The molecule has 0 saturated heterocycles. The summed E-state index contributed by atoms with van der Waals surface area (Å²) in [6.45, 7) is 5.68. The van der Waals surface area contributed by atoms with E-state index in [2.05, 4.69) is 10.6 Å². The molecule has 2 amide bonds. The number of benzene rings is 2. The van der Waals surface area contributed by atoms with Crippen molar-refractivity contribution in [3.8, 4) is 0 Å². The second kappa shape index (κ2) is 9.76. The van der Waals surface area contributed by atoms with Gasteiger partial charge in [-0.05, 0) is 31.4 Å². The van der Waals surface area contributed by atoms with Crippen molar-refractivity contribution in [2.45, 2.75) is 51.6 Å². The molecule has 0 aliphatic rings. The highest BCUT2D eigenvalue weighted by atomic mass is 16.2. The smallest absolute Gasteiger partial charge is 0.242 e. The van der Waals surface area contributed by atoms with Gasteiger partial charge in [0.1, 0.15) is 6.04 Å². The average molecular weight is 352 g/mol. The van der Waals surface area contributed by atoms with Gasteiger partial charge in [-0.3, -0.25) is 9.59 Å². The summed E-state index contributed by atoms with van der Waals surface area (Å²) in [6.07, 6.45) is 1.16. The first-order chi connectivity index (χ1) is 12.5. The first-order valence-electron chi connectivity index (χ1n) is 9.20. The predicted molar refractivity (Wildman–Crippen MR) is 105 cm³/mol. The first kappa shape index (κ1) is 19.7. The SMILES string of the molecule is CCC(C)NC(=O)C(C)NC(=O)CC(c1ccccc1)c1ccccc1. The Hall–Kier alpha value is -2.62.